The molecule has 0 fully saturated rings. The molecule has 0 atom stereocenters. The Morgan fingerprint density at radius 2 is 1.58 bits per heavy atom. The third-order valence-electron chi connectivity index (χ3n) is 3.00. The number of carboxylic acids is 1. The minimum absolute atomic E-state index is 0.294. The topological polar surface area (TPSA) is 46.5 Å². The van der Waals surface area contributed by atoms with Crippen LogP contribution in [0.15, 0.2) is 58.3 Å². The summed E-state index contributed by atoms with van der Waals surface area (Å²) in [6.07, 6.45) is -0.301. The average Bonchev–Trinajstić information content (AvgIpc) is 2.43. The van der Waals surface area contributed by atoms with Gasteiger partial charge in [-0.25, -0.2) is 4.79 Å². The molecule has 3 rings (SSSR count). The lowest BCUT2D eigenvalue weighted by atomic mass is 10.0. The zero-order valence-corrected chi connectivity index (χ0v) is 10.9. The van der Waals surface area contributed by atoms with Gasteiger partial charge in [-0.05, 0) is 23.3 Å². The van der Waals surface area contributed by atoms with Gasteiger partial charge >= 0.3 is 5.97 Å². The molecule has 0 unspecified atom stereocenters. The van der Waals surface area contributed by atoms with Gasteiger partial charge in [-0.15, -0.1) is 0 Å². The monoisotopic (exact) mass is 272 g/mol. The molecular weight excluding hydrogens is 260 g/mol. The van der Waals surface area contributed by atoms with Crippen LogP contribution in [0.25, 0.3) is 0 Å². The molecule has 0 saturated carbocycles. The van der Waals surface area contributed by atoms with Crippen LogP contribution in [-0.4, -0.2) is 17.7 Å². The molecule has 0 amide bonds. The van der Waals surface area contributed by atoms with E-state index in [-0.39, 0.29) is 12.7 Å². The van der Waals surface area contributed by atoms with Crippen molar-refractivity contribution < 1.29 is 14.6 Å². The van der Waals surface area contributed by atoms with Crippen LogP contribution in [0.3, 0.4) is 0 Å². The maximum Gasteiger partial charge on any atom is 0.329 e. The smallest absolute Gasteiger partial charge is 0.329 e. The standard InChI is InChI=1S/C15H12O3S/c16-14(17)9-18-15-10-5-1-3-7-12(10)19-13-8-4-2-6-11(13)15/h1-8,15H,9H2,(H,16,17). The Kier molecular flexibility index (Phi) is 3.27. The maximum atomic E-state index is 10.7. The molecule has 0 saturated heterocycles. The van der Waals surface area contributed by atoms with Crippen molar-refractivity contribution >= 4 is 17.7 Å². The summed E-state index contributed by atoms with van der Waals surface area (Å²) in [7, 11) is 0. The first-order chi connectivity index (χ1) is 9.25. The summed E-state index contributed by atoms with van der Waals surface area (Å²) in [6, 6.07) is 15.9. The predicted octanol–water partition coefficient (Wildman–Crippen LogP) is 3.34. The second-order valence-corrected chi connectivity index (χ2v) is 5.35. The first-order valence-electron chi connectivity index (χ1n) is 5.95. The quantitative estimate of drug-likeness (QED) is 0.930. The molecule has 1 aliphatic rings. The number of rotatable bonds is 3. The van der Waals surface area contributed by atoms with Crippen molar-refractivity contribution in [3.05, 3.63) is 59.7 Å². The van der Waals surface area contributed by atoms with Crippen molar-refractivity contribution in [2.45, 2.75) is 15.9 Å². The van der Waals surface area contributed by atoms with E-state index in [1.165, 1.54) is 0 Å². The highest BCUT2D eigenvalue weighted by molar-refractivity contribution is 7.99. The third-order valence-corrected chi connectivity index (χ3v) is 4.18. The summed E-state index contributed by atoms with van der Waals surface area (Å²) in [6.45, 7) is -0.294. The van der Waals surface area contributed by atoms with Crippen LogP contribution in [-0.2, 0) is 9.53 Å². The number of hydrogen-bond acceptors (Lipinski definition) is 3. The van der Waals surface area contributed by atoms with Crippen LogP contribution < -0.4 is 0 Å². The van der Waals surface area contributed by atoms with Crippen LogP contribution in [0.5, 0.6) is 0 Å². The number of fused-ring (bicyclic) bond motifs is 2. The number of aliphatic carboxylic acids is 1. The van der Waals surface area contributed by atoms with Gasteiger partial charge in [-0.2, -0.15) is 0 Å². The van der Waals surface area contributed by atoms with Crippen molar-refractivity contribution in [3.8, 4) is 0 Å². The zero-order chi connectivity index (χ0) is 13.2. The molecule has 0 aromatic heterocycles. The number of hydrogen-bond donors (Lipinski definition) is 1. The Labute approximate surface area is 115 Å². The summed E-state index contributed by atoms with van der Waals surface area (Å²) < 4.78 is 5.58. The van der Waals surface area contributed by atoms with Crippen LogP contribution in [0.4, 0.5) is 0 Å². The van der Waals surface area contributed by atoms with Crippen molar-refractivity contribution in [2.75, 3.05) is 6.61 Å². The molecule has 2 aromatic carbocycles. The van der Waals surface area contributed by atoms with E-state index in [1.807, 2.05) is 48.5 Å². The van der Waals surface area contributed by atoms with Crippen LogP contribution >= 0.6 is 11.8 Å². The lowest BCUT2D eigenvalue weighted by Crippen LogP contribution is -2.16. The second-order valence-electron chi connectivity index (χ2n) is 4.26. The number of benzene rings is 2. The second kappa shape index (κ2) is 5.07. The van der Waals surface area contributed by atoms with Gasteiger partial charge in [0, 0.05) is 9.79 Å². The Balaban J connectivity index is 2.03. The fourth-order valence-corrected chi connectivity index (χ4v) is 3.32. The highest BCUT2D eigenvalue weighted by Crippen LogP contribution is 2.45. The summed E-state index contributed by atoms with van der Waals surface area (Å²) in [4.78, 5) is 13.0. The van der Waals surface area contributed by atoms with Crippen molar-refractivity contribution in [3.63, 3.8) is 0 Å². The van der Waals surface area contributed by atoms with E-state index in [2.05, 4.69) is 0 Å². The van der Waals surface area contributed by atoms with E-state index in [0.717, 1.165) is 20.9 Å². The Hall–Kier alpha value is -1.78. The number of ether oxygens (including phenoxy) is 1. The Morgan fingerprint density at radius 3 is 2.11 bits per heavy atom. The van der Waals surface area contributed by atoms with Crippen LogP contribution in [0.2, 0.25) is 0 Å². The van der Waals surface area contributed by atoms with Gasteiger partial charge in [0.25, 0.3) is 0 Å². The van der Waals surface area contributed by atoms with E-state index in [0.29, 0.717) is 0 Å². The molecule has 19 heavy (non-hydrogen) atoms. The van der Waals surface area contributed by atoms with Gasteiger partial charge in [0.05, 0.1) is 0 Å². The van der Waals surface area contributed by atoms with E-state index in [4.69, 9.17) is 9.84 Å². The summed E-state index contributed by atoms with van der Waals surface area (Å²) in [5.74, 6) is -0.951. The maximum absolute atomic E-state index is 10.7. The molecule has 0 aliphatic carbocycles. The van der Waals surface area contributed by atoms with Gasteiger partial charge in [0.1, 0.15) is 12.7 Å². The number of carbonyl (C=O) groups is 1. The lowest BCUT2D eigenvalue weighted by Gasteiger charge is -2.27. The molecule has 0 bridgehead atoms. The van der Waals surface area contributed by atoms with E-state index in [9.17, 15) is 4.79 Å². The van der Waals surface area contributed by atoms with Gasteiger partial charge in [-0.1, -0.05) is 48.2 Å². The normalized spacial score (nSPS) is 13.7. The molecule has 2 aromatic rings. The van der Waals surface area contributed by atoms with Gasteiger partial charge in [0.2, 0.25) is 0 Å². The summed E-state index contributed by atoms with van der Waals surface area (Å²) in [5, 5.41) is 8.81. The average molecular weight is 272 g/mol. The minimum Gasteiger partial charge on any atom is -0.480 e. The van der Waals surface area contributed by atoms with Crippen molar-refractivity contribution in [2.24, 2.45) is 0 Å². The zero-order valence-electron chi connectivity index (χ0n) is 10.1. The summed E-state index contributed by atoms with van der Waals surface area (Å²) >= 11 is 1.69. The predicted molar refractivity (Wildman–Crippen MR) is 72.4 cm³/mol. The minimum atomic E-state index is -0.951. The molecule has 4 heteroatoms. The van der Waals surface area contributed by atoms with Crippen LogP contribution in [0.1, 0.15) is 17.2 Å². The molecule has 1 heterocycles. The molecule has 1 N–H and O–H groups in total. The van der Waals surface area contributed by atoms with E-state index in [1.54, 1.807) is 11.8 Å². The molecule has 0 radical (unpaired) electrons. The molecule has 1 aliphatic heterocycles. The van der Waals surface area contributed by atoms with Crippen LogP contribution in [0, 0.1) is 0 Å². The van der Waals surface area contributed by atoms with E-state index < -0.39 is 5.97 Å². The first kappa shape index (κ1) is 12.3. The molecule has 96 valence electrons. The summed E-state index contributed by atoms with van der Waals surface area (Å²) in [5.41, 5.74) is 2.07. The highest BCUT2D eigenvalue weighted by Gasteiger charge is 2.26. The molecule has 0 spiro atoms. The lowest BCUT2D eigenvalue weighted by molar-refractivity contribution is -0.143. The first-order valence-corrected chi connectivity index (χ1v) is 6.76. The van der Waals surface area contributed by atoms with Gasteiger partial charge in [0.15, 0.2) is 0 Å². The van der Waals surface area contributed by atoms with Crippen molar-refractivity contribution in [1.29, 1.82) is 0 Å². The Morgan fingerprint density at radius 1 is 1.05 bits per heavy atom. The largest absolute Gasteiger partial charge is 0.480 e. The Bertz CT molecular complexity index is 579. The number of carboxylic acid groups (broad SMARTS) is 1. The van der Waals surface area contributed by atoms with Gasteiger partial charge < -0.3 is 9.84 Å². The molecule has 3 nitrogen and oxygen atoms in total. The highest BCUT2D eigenvalue weighted by atomic mass is 32.2. The molecular formula is C15H12O3S. The third kappa shape index (κ3) is 2.37. The fraction of sp³-hybridized carbons (Fsp3) is 0.133. The van der Waals surface area contributed by atoms with Crippen molar-refractivity contribution in [1.82, 2.24) is 0 Å². The fourth-order valence-electron chi connectivity index (χ4n) is 2.20. The van der Waals surface area contributed by atoms with E-state index >= 15 is 0 Å². The van der Waals surface area contributed by atoms with Gasteiger partial charge in [-0.3, -0.25) is 0 Å². The SMILES string of the molecule is O=C(O)COC1c2ccccc2Sc2ccccc21.